The lowest BCUT2D eigenvalue weighted by Gasteiger charge is -2.33. The van der Waals surface area contributed by atoms with Gasteiger partial charge in [-0.1, -0.05) is 24.3 Å². The van der Waals surface area contributed by atoms with Crippen LogP contribution in [0.3, 0.4) is 0 Å². The highest BCUT2D eigenvalue weighted by molar-refractivity contribution is 5.87. The van der Waals surface area contributed by atoms with Crippen LogP contribution in [0.1, 0.15) is 27.6 Å². The van der Waals surface area contributed by atoms with E-state index in [9.17, 15) is 14.0 Å². The molecule has 0 aromatic heterocycles. The number of hydrogen-bond donors (Lipinski definition) is 1. The van der Waals surface area contributed by atoms with E-state index in [4.69, 9.17) is 9.84 Å². The first-order valence-corrected chi connectivity index (χ1v) is 8.00. The summed E-state index contributed by atoms with van der Waals surface area (Å²) in [6.45, 7) is 1.25. The Hall–Kier alpha value is -2.73. The summed E-state index contributed by atoms with van der Waals surface area (Å²) >= 11 is 0. The molecular formula is C19H18FNO4. The molecular weight excluding hydrogens is 325 g/mol. The van der Waals surface area contributed by atoms with Gasteiger partial charge in [0.2, 0.25) is 5.91 Å². The lowest BCUT2D eigenvalue weighted by Crippen LogP contribution is -2.43. The van der Waals surface area contributed by atoms with E-state index in [2.05, 4.69) is 0 Å². The van der Waals surface area contributed by atoms with Gasteiger partial charge < -0.3 is 14.7 Å². The smallest absolute Gasteiger partial charge is 0.335 e. The molecule has 1 heterocycles. The topological polar surface area (TPSA) is 66.8 Å². The van der Waals surface area contributed by atoms with Crippen LogP contribution in [0.5, 0.6) is 0 Å². The molecule has 5 nitrogen and oxygen atoms in total. The standard InChI is InChI=1S/C19H18FNO4/c20-16-3-1-2-15(11-16)17-12-21(8-9-25-17)18(22)10-13-4-6-14(7-5-13)19(23)24/h1-7,11,17H,8-10,12H2,(H,23,24)/t17-/m0/s1. The highest BCUT2D eigenvalue weighted by Gasteiger charge is 2.25. The minimum Gasteiger partial charge on any atom is -0.478 e. The van der Waals surface area contributed by atoms with E-state index in [0.717, 1.165) is 5.56 Å². The molecule has 1 atom stereocenters. The molecule has 1 N–H and O–H groups in total. The van der Waals surface area contributed by atoms with E-state index < -0.39 is 5.97 Å². The molecule has 130 valence electrons. The van der Waals surface area contributed by atoms with Crippen LogP contribution in [0.25, 0.3) is 0 Å². The minimum atomic E-state index is -0.996. The van der Waals surface area contributed by atoms with Gasteiger partial charge in [0.05, 0.1) is 25.1 Å². The van der Waals surface area contributed by atoms with Crippen molar-refractivity contribution in [1.29, 1.82) is 0 Å². The summed E-state index contributed by atoms with van der Waals surface area (Å²) in [5.74, 6) is -1.39. The van der Waals surface area contributed by atoms with E-state index in [1.54, 1.807) is 29.2 Å². The molecule has 1 fully saturated rings. The second-order valence-electron chi connectivity index (χ2n) is 5.93. The number of carboxylic acid groups (broad SMARTS) is 1. The summed E-state index contributed by atoms with van der Waals surface area (Å²) in [5, 5.41) is 8.90. The molecule has 0 radical (unpaired) electrons. The van der Waals surface area contributed by atoms with Gasteiger partial charge in [-0.3, -0.25) is 4.79 Å². The van der Waals surface area contributed by atoms with E-state index in [0.29, 0.717) is 25.3 Å². The highest BCUT2D eigenvalue weighted by Crippen LogP contribution is 2.23. The molecule has 0 saturated carbocycles. The van der Waals surface area contributed by atoms with E-state index in [1.807, 2.05) is 0 Å². The maximum Gasteiger partial charge on any atom is 0.335 e. The molecule has 1 saturated heterocycles. The Balaban J connectivity index is 1.64. The number of carboxylic acids is 1. The third-order valence-electron chi connectivity index (χ3n) is 4.20. The fraction of sp³-hybridized carbons (Fsp3) is 0.263. The largest absolute Gasteiger partial charge is 0.478 e. The van der Waals surface area contributed by atoms with Crippen molar-refractivity contribution in [2.24, 2.45) is 0 Å². The van der Waals surface area contributed by atoms with Gasteiger partial charge in [-0.25, -0.2) is 9.18 Å². The Morgan fingerprint density at radius 1 is 1.20 bits per heavy atom. The van der Waals surface area contributed by atoms with Crippen molar-refractivity contribution in [2.45, 2.75) is 12.5 Å². The van der Waals surface area contributed by atoms with Gasteiger partial charge in [0, 0.05) is 6.54 Å². The Morgan fingerprint density at radius 3 is 2.64 bits per heavy atom. The van der Waals surface area contributed by atoms with Gasteiger partial charge >= 0.3 is 5.97 Å². The lowest BCUT2D eigenvalue weighted by molar-refractivity contribution is -0.138. The van der Waals surface area contributed by atoms with Crippen molar-refractivity contribution in [3.63, 3.8) is 0 Å². The number of halogens is 1. The maximum absolute atomic E-state index is 13.4. The minimum absolute atomic E-state index is 0.0622. The number of carbonyl (C=O) groups excluding carboxylic acids is 1. The van der Waals surface area contributed by atoms with Crippen molar-refractivity contribution >= 4 is 11.9 Å². The van der Waals surface area contributed by atoms with Crippen LogP contribution in [0.4, 0.5) is 4.39 Å². The second-order valence-corrected chi connectivity index (χ2v) is 5.93. The van der Waals surface area contributed by atoms with Crippen LogP contribution in [-0.4, -0.2) is 41.6 Å². The van der Waals surface area contributed by atoms with Crippen molar-refractivity contribution < 1.29 is 23.8 Å². The molecule has 6 heteroatoms. The summed E-state index contributed by atoms with van der Waals surface area (Å²) in [6.07, 6.45) is -0.154. The van der Waals surface area contributed by atoms with Crippen LogP contribution >= 0.6 is 0 Å². The van der Waals surface area contributed by atoms with E-state index >= 15 is 0 Å². The molecule has 1 amide bonds. The molecule has 0 spiro atoms. The molecule has 3 rings (SSSR count). The fourth-order valence-electron chi connectivity index (χ4n) is 2.84. The summed E-state index contributed by atoms with van der Waals surface area (Å²) in [7, 11) is 0. The molecule has 2 aromatic carbocycles. The molecule has 0 bridgehead atoms. The maximum atomic E-state index is 13.4. The number of morpholine rings is 1. The molecule has 25 heavy (non-hydrogen) atoms. The normalized spacial score (nSPS) is 17.3. The summed E-state index contributed by atoms with van der Waals surface area (Å²) < 4.78 is 19.0. The number of ether oxygens (including phenoxy) is 1. The first kappa shape index (κ1) is 17.1. The van der Waals surface area contributed by atoms with Crippen molar-refractivity contribution in [3.8, 4) is 0 Å². The Bertz CT molecular complexity index is 775. The molecule has 0 aliphatic carbocycles. The van der Waals surface area contributed by atoms with Gasteiger partial charge in [0.25, 0.3) is 0 Å². The van der Waals surface area contributed by atoms with Crippen LogP contribution in [0.15, 0.2) is 48.5 Å². The molecule has 1 aliphatic heterocycles. The summed E-state index contributed by atoms with van der Waals surface area (Å²) in [6, 6.07) is 12.5. The zero-order valence-corrected chi connectivity index (χ0v) is 13.5. The summed E-state index contributed by atoms with van der Waals surface area (Å²) in [4.78, 5) is 25.1. The van der Waals surface area contributed by atoms with Gasteiger partial charge in [0.1, 0.15) is 11.9 Å². The zero-order valence-electron chi connectivity index (χ0n) is 13.5. The molecule has 2 aromatic rings. The lowest BCUT2D eigenvalue weighted by atomic mass is 10.1. The average Bonchev–Trinajstić information content (AvgIpc) is 2.62. The van der Waals surface area contributed by atoms with Gasteiger partial charge in [-0.05, 0) is 35.4 Å². The Kier molecular flexibility index (Phi) is 5.09. The monoisotopic (exact) mass is 343 g/mol. The molecule has 1 aliphatic rings. The van der Waals surface area contributed by atoms with Crippen LogP contribution in [0, 0.1) is 5.82 Å². The number of benzene rings is 2. The number of nitrogens with zero attached hydrogens (tertiary/aromatic N) is 1. The number of hydrogen-bond acceptors (Lipinski definition) is 3. The highest BCUT2D eigenvalue weighted by atomic mass is 19.1. The Labute approximate surface area is 144 Å². The van der Waals surface area contributed by atoms with Crippen molar-refractivity contribution in [3.05, 3.63) is 71.0 Å². The van der Waals surface area contributed by atoms with E-state index in [1.165, 1.54) is 24.3 Å². The number of carbonyl (C=O) groups is 2. The van der Waals surface area contributed by atoms with Crippen LogP contribution < -0.4 is 0 Å². The number of aromatic carboxylic acids is 1. The predicted molar refractivity (Wildman–Crippen MR) is 88.8 cm³/mol. The second kappa shape index (κ2) is 7.44. The summed E-state index contributed by atoms with van der Waals surface area (Å²) in [5.41, 5.74) is 1.65. The average molecular weight is 343 g/mol. The number of amides is 1. The predicted octanol–water partition coefficient (Wildman–Crippen LogP) is 2.67. The SMILES string of the molecule is O=C(O)c1ccc(CC(=O)N2CCO[C@H](c3cccc(F)c3)C2)cc1. The quantitative estimate of drug-likeness (QED) is 0.927. The van der Waals surface area contributed by atoms with Gasteiger partial charge in [-0.2, -0.15) is 0 Å². The van der Waals surface area contributed by atoms with Crippen LogP contribution in [-0.2, 0) is 16.0 Å². The Morgan fingerprint density at radius 2 is 1.96 bits per heavy atom. The first-order chi connectivity index (χ1) is 12.0. The van der Waals surface area contributed by atoms with E-state index in [-0.39, 0.29) is 29.8 Å². The van der Waals surface area contributed by atoms with Gasteiger partial charge in [0.15, 0.2) is 0 Å². The van der Waals surface area contributed by atoms with Crippen LogP contribution in [0.2, 0.25) is 0 Å². The first-order valence-electron chi connectivity index (χ1n) is 8.00. The van der Waals surface area contributed by atoms with Gasteiger partial charge in [-0.15, -0.1) is 0 Å². The zero-order chi connectivity index (χ0) is 17.8. The third kappa shape index (κ3) is 4.22. The third-order valence-corrected chi connectivity index (χ3v) is 4.20. The molecule has 0 unspecified atom stereocenters. The fourth-order valence-corrected chi connectivity index (χ4v) is 2.84. The van der Waals surface area contributed by atoms with Crippen molar-refractivity contribution in [2.75, 3.05) is 19.7 Å². The number of rotatable bonds is 4. The van der Waals surface area contributed by atoms with Crippen molar-refractivity contribution in [1.82, 2.24) is 4.90 Å².